The van der Waals surface area contributed by atoms with Gasteiger partial charge in [-0.1, -0.05) is 12.8 Å². The van der Waals surface area contributed by atoms with Crippen LogP contribution in [0, 0.1) is 0 Å². The maximum absolute atomic E-state index is 10.7. The van der Waals surface area contributed by atoms with Crippen LogP contribution in [0.1, 0.15) is 55.0 Å². The Hall–Kier alpha value is -0.940. The van der Waals surface area contributed by atoms with Gasteiger partial charge in [-0.3, -0.25) is 0 Å². The standard InChI is InChI=1S/C14H23NO3S/c1-11(12-7-8-13(18-12)14(16)17)15-9-5-3-4-6-10-19-2/h7-8,11,15H,3-6,9-10H2,1-2H3,(H,16,17). The fourth-order valence-electron chi connectivity index (χ4n) is 1.84. The van der Waals surface area contributed by atoms with Gasteiger partial charge in [-0.15, -0.1) is 0 Å². The molecule has 0 aliphatic carbocycles. The summed E-state index contributed by atoms with van der Waals surface area (Å²) in [6.07, 6.45) is 7.08. The summed E-state index contributed by atoms with van der Waals surface area (Å²) in [5, 5.41) is 12.1. The highest BCUT2D eigenvalue weighted by atomic mass is 32.2. The van der Waals surface area contributed by atoms with Crippen LogP contribution in [0.5, 0.6) is 0 Å². The molecule has 0 spiro atoms. The van der Waals surface area contributed by atoms with Crippen molar-refractivity contribution in [2.24, 2.45) is 0 Å². The largest absolute Gasteiger partial charge is 0.475 e. The predicted molar refractivity (Wildman–Crippen MR) is 78.9 cm³/mol. The summed E-state index contributed by atoms with van der Waals surface area (Å²) in [6.45, 7) is 2.92. The Morgan fingerprint density at radius 1 is 1.37 bits per heavy atom. The predicted octanol–water partition coefficient (Wildman–Crippen LogP) is 3.55. The van der Waals surface area contributed by atoms with E-state index in [1.54, 1.807) is 6.07 Å². The lowest BCUT2D eigenvalue weighted by Crippen LogP contribution is -2.19. The van der Waals surface area contributed by atoms with Crippen LogP contribution in [-0.4, -0.2) is 29.6 Å². The third-order valence-corrected chi connectivity index (χ3v) is 3.69. The zero-order valence-corrected chi connectivity index (χ0v) is 12.5. The molecule has 0 saturated heterocycles. The first-order valence-electron chi connectivity index (χ1n) is 6.70. The van der Waals surface area contributed by atoms with Crippen LogP contribution in [0.4, 0.5) is 0 Å². The smallest absolute Gasteiger partial charge is 0.371 e. The van der Waals surface area contributed by atoms with Crippen molar-refractivity contribution in [2.45, 2.75) is 38.6 Å². The first kappa shape index (κ1) is 16.1. The minimum atomic E-state index is -1.02. The number of thioether (sulfide) groups is 1. The van der Waals surface area contributed by atoms with Gasteiger partial charge in [0, 0.05) is 0 Å². The van der Waals surface area contributed by atoms with Gasteiger partial charge in [-0.2, -0.15) is 11.8 Å². The lowest BCUT2D eigenvalue weighted by molar-refractivity contribution is 0.0659. The summed E-state index contributed by atoms with van der Waals surface area (Å²) in [5.41, 5.74) is 0. The molecule has 1 unspecified atom stereocenters. The Kier molecular flexibility index (Phi) is 7.67. The Bertz CT molecular complexity index is 379. The van der Waals surface area contributed by atoms with Gasteiger partial charge in [0.2, 0.25) is 5.76 Å². The zero-order valence-electron chi connectivity index (χ0n) is 11.6. The molecule has 1 atom stereocenters. The van der Waals surface area contributed by atoms with E-state index in [-0.39, 0.29) is 11.8 Å². The molecule has 4 nitrogen and oxygen atoms in total. The van der Waals surface area contributed by atoms with E-state index in [1.807, 2.05) is 18.7 Å². The molecule has 0 aliphatic heterocycles. The van der Waals surface area contributed by atoms with Crippen molar-refractivity contribution >= 4 is 17.7 Å². The van der Waals surface area contributed by atoms with Crippen molar-refractivity contribution < 1.29 is 14.3 Å². The quantitative estimate of drug-likeness (QED) is 0.644. The Morgan fingerprint density at radius 3 is 2.74 bits per heavy atom. The Balaban J connectivity index is 2.16. The molecule has 2 N–H and O–H groups in total. The molecule has 0 aliphatic rings. The van der Waals surface area contributed by atoms with E-state index < -0.39 is 5.97 Å². The number of unbranched alkanes of at least 4 members (excludes halogenated alkanes) is 3. The maximum atomic E-state index is 10.7. The molecule has 1 rings (SSSR count). The van der Waals surface area contributed by atoms with Crippen molar-refractivity contribution in [3.05, 3.63) is 23.7 Å². The Morgan fingerprint density at radius 2 is 2.11 bits per heavy atom. The SMILES string of the molecule is CSCCCCCCNC(C)c1ccc(C(=O)O)o1. The number of carbonyl (C=O) groups is 1. The van der Waals surface area contributed by atoms with Crippen LogP contribution in [0.25, 0.3) is 0 Å². The summed E-state index contributed by atoms with van der Waals surface area (Å²) in [5.74, 6) is 0.904. The minimum Gasteiger partial charge on any atom is -0.475 e. The summed E-state index contributed by atoms with van der Waals surface area (Å²) in [7, 11) is 0. The number of carboxylic acid groups (broad SMARTS) is 1. The number of hydrogen-bond acceptors (Lipinski definition) is 4. The summed E-state index contributed by atoms with van der Waals surface area (Å²) >= 11 is 1.90. The van der Waals surface area contributed by atoms with Crippen LogP contribution in [0.15, 0.2) is 16.5 Å². The molecule has 19 heavy (non-hydrogen) atoms. The highest BCUT2D eigenvalue weighted by Gasteiger charge is 2.13. The number of hydrogen-bond donors (Lipinski definition) is 2. The van der Waals surface area contributed by atoms with E-state index in [9.17, 15) is 4.79 Å². The third kappa shape index (κ3) is 6.16. The van der Waals surface area contributed by atoms with Gasteiger partial charge in [0.15, 0.2) is 0 Å². The van der Waals surface area contributed by atoms with Gasteiger partial charge in [0.05, 0.1) is 6.04 Å². The maximum Gasteiger partial charge on any atom is 0.371 e. The van der Waals surface area contributed by atoms with E-state index in [4.69, 9.17) is 9.52 Å². The highest BCUT2D eigenvalue weighted by molar-refractivity contribution is 7.98. The molecule has 1 aromatic rings. The third-order valence-electron chi connectivity index (χ3n) is 2.99. The summed E-state index contributed by atoms with van der Waals surface area (Å²) < 4.78 is 5.25. The molecule has 0 bridgehead atoms. The number of carboxylic acids is 1. The zero-order chi connectivity index (χ0) is 14.1. The summed E-state index contributed by atoms with van der Waals surface area (Å²) in [6, 6.07) is 3.27. The van der Waals surface area contributed by atoms with Crippen molar-refractivity contribution in [1.82, 2.24) is 5.32 Å². The highest BCUT2D eigenvalue weighted by Crippen LogP contribution is 2.16. The topological polar surface area (TPSA) is 62.5 Å². The molecule has 5 heteroatoms. The van der Waals surface area contributed by atoms with Crippen molar-refractivity contribution in [1.29, 1.82) is 0 Å². The Labute approximate surface area is 119 Å². The van der Waals surface area contributed by atoms with Crippen LogP contribution in [0.2, 0.25) is 0 Å². The second-order valence-electron chi connectivity index (χ2n) is 4.59. The number of rotatable bonds is 10. The number of aromatic carboxylic acids is 1. The molecule has 1 aromatic heterocycles. The summed E-state index contributed by atoms with van der Waals surface area (Å²) in [4.78, 5) is 10.7. The second kappa shape index (κ2) is 9.04. The number of nitrogens with one attached hydrogen (secondary N) is 1. The van der Waals surface area contributed by atoms with Crippen molar-refractivity contribution in [3.63, 3.8) is 0 Å². The lowest BCUT2D eigenvalue weighted by Gasteiger charge is -2.10. The van der Waals surface area contributed by atoms with Crippen molar-refractivity contribution in [3.8, 4) is 0 Å². The molecule has 108 valence electrons. The van der Waals surface area contributed by atoms with Gasteiger partial charge in [0.25, 0.3) is 0 Å². The van der Waals surface area contributed by atoms with Gasteiger partial charge >= 0.3 is 5.97 Å². The lowest BCUT2D eigenvalue weighted by atomic mass is 10.2. The van der Waals surface area contributed by atoms with Gasteiger partial charge in [0.1, 0.15) is 5.76 Å². The van der Waals surface area contributed by atoms with E-state index in [1.165, 1.54) is 31.1 Å². The minimum absolute atomic E-state index is 0.000663. The molecule has 0 radical (unpaired) electrons. The number of furan rings is 1. The van der Waals surface area contributed by atoms with Crippen LogP contribution >= 0.6 is 11.8 Å². The van der Waals surface area contributed by atoms with E-state index >= 15 is 0 Å². The van der Waals surface area contributed by atoms with Gasteiger partial charge in [-0.25, -0.2) is 4.79 Å². The average Bonchev–Trinajstić information content (AvgIpc) is 2.87. The second-order valence-corrected chi connectivity index (χ2v) is 5.58. The van der Waals surface area contributed by atoms with Crippen LogP contribution in [0.3, 0.4) is 0 Å². The first-order valence-corrected chi connectivity index (χ1v) is 8.10. The van der Waals surface area contributed by atoms with Crippen molar-refractivity contribution in [2.75, 3.05) is 18.6 Å². The average molecular weight is 285 g/mol. The van der Waals surface area contributed by atoms with E-state index in [0.717, 1.165) is 13.0 Å². The molecule has 0 saturated carbocycles. The van der Waals surface area contributed by atoms with Crippen LogP contribution in [-0.2, 0) is 0 Å². The van der Waals surface area contributed by atoms with E-state index in [2.05, 4.69) is 11.6 Å². The normalized spacial score (nSPS) is 12.5. The molecule has 1 heterocycles. The van der Waals surface area contributed by atoms with Gasteiger partial charge in [-0.05, 0) is 50.5 Å². The molecule has 0 fully saturated rings. The molecular formula is C14H23NO3S. The first-order chi connectivity index (χ1) is 9.15. The fourth-order valence-corrected chi connectivity index (χ4v) is 2.34. The fraction of sp³-hybridized carbons (Fsp3) is 0.643. The molecule has 0 aromatic carbocycles. The monoisotopic (exact) mass is 285 g/mol. The molecule has 0 amide bonds. The molecular weight excluding hydrogens is 262 g/mol. The van der Waals surface area contributed by atoms with Crippen LogP contribution < -0.4 is 5.32 Å². The van der Waals surface area contributed by atoms with E-state index in [0.29, 0.717) is 5.76 Å². The van der Waals surface area contributed by atoms with Gasteiger partial charge < -0.3 is 14.8 Å².